The van der Waals surface area contributed by atoms with Crippen LogP contribution in [0.4, 0.5) is 0 Å². The van der Waals surface area contributed by atoms with E-state index in [0.717, 1.165) is 16.9 Å². The molecule has 23 heavy (non-hydrogen) atoms. The molecule has 0 fully saturated rings. The SMILES string of the molecule is Cc1cccc(OCCN(C)S(=O)(=O)/C=C/c2ccccc2)c1. The zero-order valence-corrected chi connectivity index (χ0v) is 14.2. The maximum atomic E-state index is 12.2. The average Bonchev–Trinajstić information content (AvgIpc) is 2.54. The maximum absolute atomic E-state index is 12.2. The highest BCUT2D eigenvalue weighted by Crippen LogP contribution is 2.12. The van der Waals surface area contributed by atoms with Crippen molar-refractivity contribution in [3.63, 3.8) is 0 Å². The quantitative estimate of drug-likeness (QED) is 0.782. The predicted octanol–water partition coefficient (Wildman–Crippen LogP) is 3.31. The topological polar surface area (TPSA) is 46.6 Å². The Kier molecular flexibility index (Phi) is 5.96. The van der Waals surface area contributed by atoms with Crippen LogP contribution in [-0.2, 0) is 10.0 Å². The normalized spacial score (nSPS) is 12.0. The van der Waals surface area contributed by atoms with Gasteiger partial charge in [0.15, 0.2) is 0 Å². The molecular weight excluding hydrogens is 310 g/mol. The number of hydrogen-bond acceptors (Lipinski definition) is 3. The molecule has 0 saturated heterocycles. The molecule has 0 spiro atoms. The van der Waals surface area contributed by atoms with Crippen LogP contribution in [0.15, 0.2) is 60.0 Å². The summed E-state index contributed by atoms with van der Waals surface area (Å²) >= 11 is 0. The Labute approximate surface area is 138 Å². The van der Waals surface area contributed by atoms with E-state index in [-0.39, 0.29) is 6.54 Å². The molecule has 0 aliphatic rings. The molecule has 0 aliphatic carbocycles. The van der Waals surface area contributed by atoms with Crippen LogP contribution in [0.5, 0.6) is 5.75 Å². The first-order valence-electron chi connectivity index (χ1n) is 7.36. The third-order valence-corrected chi connectivity index (χ3v) is 4.86. The summed E-state index contributed by atoms with van der Waals surface area (Å²) in [5.41, 5.74) is 1.95. The van der Waals surface area contributed by atoms with Gasteiger partial charge < -0.3 is 4.74 Å². The first-order valence-corrected chi connectivity index (χ1v) is 8.87. The molecule has 2 aromatic rings. The van der Waals surface area contributed by atoms with Crippen LogP contribution in [-0.4, -0.2) is 32.9 Å². The van der Waals surface area contributed by atoms with Gasteiger partial charge in [0.05, 0.1) is 0 Å². The van der Waals surface area contributed by atoms with E-state index in [4.69, 9.17) is 4.74 Å². The molecular formula is C18H21NO3S. The molecule has 2 rings (SSSR count). The van der Waals surface area contributed by atoms with Crippen LogP contribution in [0.3, 0.4) is 0 Å². The number of sulfonamides is 1. The number of likely N-dealkylation sites (N-methyl/N-ethyl adjacent to an activating group) is 1. The lowest BCUT2D eigenvalue weighted by Crippen LogP contribution is -2.29. The van der Waals surface area contributed by atoms with Gasteiger partial charge in [0, 0.05) is 19.0 Å². The number of hydrogen-bond donors (Lipinski definition) is 0. The van der Waals surface area contributed by atoms with E-state index in [1.807, 2.05) is 61.5 Å². The molecule has 4 nitrogen and oxygen atoms in total. The summed E-state index contributed by atoms with van der Waals surface area (Å²) in [5.74, 6) is 0.746. The van der Waals surface area contributed by atoms with Crippen molar-refractivity contribution in [2.24, 2.45) is 0 Å². The molecule has 0 radical (unpaired) electrons. The van der Waals surface area contributed by atoms with Gasteiger partial charge in [-0.25, -0.2) is 8.42 Å². The van der Waals surface area contributed by atoms with Gasteiger partial charge in [-0.1, -0.05) is 42.5 Å². The fourth-order valence-corrected chi connectivity index (χ4v) is 2.82. The lowest BCUT2D eigenvalue weighted by atomic mass is 10.2. The van der Waals surface area contributed by atoms with E-state index < -0.39 is 10.0 Å². The Morgan fingerprint density at radius 1 is 1.09 bits per heavy atom. The van der Waals surface area contributed by atoms with Crippen LogP contribution < -0.4 is 4.74 Å². The van der Waals surface area contributed by atoms with Gasteiger partial charge >= 0.3 is 0 Å². The van der Waals surface area contributed by atoms with Crippen molar-refractivity contribution in [2.45, 2.75) is 6.92 Å². The van der Waals surface area contributed by atoms with Crippen molar-refractivity contribution in [3.8, 4) is 5.75 Å². The molecule has 0 amide bonds. The lowest BCUT2D eigenvalue weighted by molar-refractivity contribution is 0.287. The highest BCUT2D eigenvalue weighted by Gasteiger charge is 2.13. The van der Waals surface area contributed by atoms with E-state index in [1.165, 1.54) is 9.71 Å². The Hall–Kier alpha value is -2.11. The van der Waals surface area contributed by atoms with E-state index in [2.05, 4.69) is 0 Å². The minimum atomic E-state index is -3.45. The molecule has 0 aliphatic heterocycles. The molecule has 0 aromatic heterocycles. The van der Waals surface area contributed by atoms with E-state index in [1.54, 1.807) is 13.1 Å². The standard InChI is InChI=1S/C18H21NO3S/c1-16-7-6-10-18(15-16)22-13-12-19(2)23(20,21)14-11-17-8-4-3-5-9-17/h3-11,14-15H,12-13H2,1-2H3/b14-11+. The zero-order valence-electron chi connectivity index (χ0n) is 13.3. The van der Waals surface area contributed by atoms with E-state index in [0.29, 0.717) is 6.61 Å². The number of benzene rings is 2. The van der Waals surface area contributed by atoms with Crippen molar-refractivity contribution in [1.29, 1.82) is 0 Å². The Morgan fingerprint density at radius 2 is 1.83 bits per heavy atom. The third kappa shape index (κ3) is 5.54. The van der Waals surface area contributed by atoms with Gasteiger partial charge in [-0.3, -0.25) is 0 Å². The van der Waals surface area contributed by atoms with Crippen LogP contribution in [0, 0.1) is 6.92 Å². The number of rotatable bonds is 7. The Balaban J connectivity index is 1.89. The van der Waals surface area contributed by atoms with Crippen LogP contribution in [0.1, 0.15) is 11.1 Å². The summed E-state index contributed by atoms with van der Waals surface area (Å²) in [5, 5.41) is 1.22. The number of nitrogens with zero attached hydrogens (tertiary/aromatic N) is 1. The van der Waals surface area contributed by atoms with E-state index in [9.17, 15) is 8.42 Å². The van der Waals surface area contributed by atoms with Gasteiger partial charge in [0.2, 0.25) is 10.0 Å². The molecule has 2 aromatic carbocycles. The third-order valence-electron chi connectivity index (χ3n) is 3.33. The van der Waals surface area contributed by atoms with Crippen molar-refractivity contribution >= 4 is 16.1 Å². The van der Waals surface area contributed by atoms with Crippen molar-refractivity contribution < 1.29 is 13.2 Å². The average molecular weight is 331 g/mol. The Bertz CT molecular complexity index is 755. The minimum absolute atomic E-state index is 0.287. The fraction of sp³-hybridized carbons (Fsp3) is 0.222. The van der Waals surface area contributed by atoms with Crippen molar-refractivity contribution in [3.05, 3.63) is 71.1 Å². The van der Waals surface area contributed by atoms with Crippen molar-refractivity contribution in [2.75, 3.05) is 20.2 Å². The van der Waals surface area contributed by atoms with Crippen LogP contribution in [0.2, 0.25) is 0 Å². The maximum Gasteiger partial charge on any atom is 0.236 e. The fourth-order valence-electron chi connectivity index (χ4n) is 1.96. The summed E-state index contributed by atoms with van der Waals surface area (Å²) in [4.78, 5) is 0. The summed E-state index contributed by atoms with van der Waals surface area (Å²) in [6.45, 7) is 2.57. The lowest BCUT2D eigenvalue weighted by Gasteiger charge is -2.15. The van der Waals surface area contributed by atoms with Crippen LogP contribution >= 0.6 is 0 Å². The zero-order chi connectivity index (χ0) is 16.7. The first-order chi connectivity index (χ1) is 11.0. The molecule has 5 heteroatoms. The second-order valence-corrected chi connectivity index (χ2v) is 7.17. The highest BCUT2D eigenvalue weighted by atomic mass is 32.2. The van der Waals surface area contributed by atoms with Crippen LogP contribution in [0.25, 0.3) is 6.08 Å². The summed E-state index contributed by atoms with van der Waals surface area (Å²) in [7, 11) is -1.90. The minimum Gasteiger partial charge on any atom is -0.492 e. The predicted molar refractivity (Wildman–Crippen MR) is 93.7 cm³/mol. The van der Waals surface area contributed by atoms with Crippen molar-refractivity contribution in [1.82, 2.24) is 4.31 Å². The smallest absolute Gasteiger partial charge is 0.236 e. The van der Waals surface area contributed by atoms with Gasteiger partial charge in [-0.15, -0.1) is 0 Å². The molecule has 0 N–H and O–H groups in total. The first kappa shape index (κ1) is 17.2. The summed E-state index contributed by atoms with van der Waals surface area (Å²) in [6.07, 6.45) is 1.59. The second kappa shape index (κ2) is 7.94. The molecule has 0 atom stereocenters. The number of aryl methyl sites for hydroxylation is 1. The molecule has 0 unspecified atom stereocenters. The van der Waals surface area contributed by atoms with Gasteiger partial charge in [0.1, 0.15) is 12.4 Å². The monoisotopic (exact) mass is 331 g/mol. The molecule has 0 heterocycles. The van der Waals surface area contributed by atoms with Gasteiger partial charge in [0.25, 0.3) is 0 Å². The largest absolute Gasteiger partial charge is 0.492 e. The van der Waals surface area contributed by atoms with E-state index >= 15 is 0 Å². The second-order valence-electron chi connectivity index (χ2n) is 5.24. The highest BCUT2D eigenvalue weighted by molar-refractivity contribution is 7.92. The molecule has 0 bridgehead atoms. The Morgan fingerprint density at radius 3 is 2.52 bits per heavy atom. The number of ether oxygens (including phenoxy) is 1. The summed E-state index contributed by atoms with van der Waals surface area (Å²) < 4.78 is 31.2. The van der Waals surface area contributed by atoms with Gasteiger partial charge in [-0.05, 0) is 36.3 Å². The molecule has 0 saturated carbocycles. The molecule has 122 valence electrons. The summed E-state index contributed by atoms with van der Waals surface area (Å²) in [6, 6.07) is 17.0. The van der Waals surface area contributed by atoms with Gasteiger partial charge in [-0.2, -0.15) is 4.31 Å².